The van der Waals surface area contributed by atoms with Gasteiger partial charge >= 0.3 is 0 Å². The first-order valence-corrected chi connectivity index (χ1v) is 11.1. The van der Waals surface area contributed by atoms with Crippen LogP contribution in [0.3, 0.4) is 0 Å². The lowest BCUT2D eigenvalue weighted by molar-refractivity contribution is -0.141. The van der Waals surface area contributed by atoms with Crippen LogP contribution in [-0.4, -0.2) is 41.9 Å². The molecule has 2 atom stereocenters. The number of amides is 2. The minimum Gasteiger partial charge on any atom is -0.484 e. The summed E-state index contributed by atoms with van der Waals surface area (Å²) >= 11 is 3.46. The second kappa shape index (κ2) is 11.7. The van der Waals surface area contributed by atoms with Crippen LogP contribution < -0.4 is 10.1 Å². The number of nitrogens with zero attached hydrogens (tertiary/aromatic N) is 1. The number of halogens is 1. The van der Waals surface area contributed by atoms with Gasteiger partial charge in [-0.3, -0.25) is 9.59 Å². The first-order chi connectivity index (χ1) is 14.3. The molecule has 0 aromatic heterocycles. The SMILES string of the molecule is CC[C@@H](C)NC(=O)[C@H](C)N(CCc1ccccc1)C(=O)COc1ccc(Br)c(C)c1. The Hall–Kier alpha value is -2.34. The Labute approximate surface area is 187 Å². The Bertz CT molecular complexity index is 842. The van der Waals surface area contributed by atoms with Crippen LogP contribution in [0.5, 0.6) is 5.75 Å². The van der Waals surface area contributed by atoms with Gasteiger partial charge in [-0.1, -0.05) is 53.2 Å². The topological polar surface area (TPSA) is 58.6 Å². The molecule has 5 nitrogen and oxygen atoms in total. The van der Waals surface area contributed by atoms with Crippen LogP contribution in [-0.2, 0) is 16.0 Å². The summed E-state index contributed by atoms with van der Waals surface area (Å²) < 4.78 is 6.71. The number of carbonyl (C=O) groups is 2. The summed E-state index contributed by atoms with van der Waals surface area (Å²) in [6.45, 7) is 8.04. The molecule has 162 valence electrons. The van der Waals surface area contributed by atoms with E-state index in [0.717, 1.165) is 22.0 Å². The van der Waals surface area contributed by atoms with Crippen LogP contribution >= 0.6 is 15.9 Å². The summed E-state index contributed by atoms with van der Waals surface area (Å²) in [5.74, 6) is 0.271. The molecular formula is C24H31BrN2O3. The molecule has 2 amide bonds. The lowest BCUT2D eigenvalue weighted by Crippen LogP contribution is -2.51. The molecule has 0 saturated heterocycles. The molecule has 1 N–H and O–H groups in total. The second-order valence-electron chi connectivity index (χ2n) is 7.52. The van der Waals surface area contributed by atoms with Crippen molar-refractivity contribution in [3.8, 4) is 5.75 Å². The quantitative estimate of drug-likeness (QED) is 0.550. The van der Waals surface area contributed by atoms with Crippen LogP contribution in [0.1, 0.15) is 38.3 Å². The van der Waals surface area contributed by atoms with Gasteiger partial charge in [-0.2, -0.15) is 0 Å². The van der Waals surface area contributed by atoms with Crippen molar-refractivity contribution in [2.45, 2.75) is 52.6 Å². The number of nitrogens with one attached hydrogen (secondary N) is 1. The standard InChI is InChI=1S/C24H31BrN2O3/c1-5-18(3)26-24(29)19(4)27(14-13-20-9-7-6-8-10-20)23(28)16-30-21-11-12-22(25)17(2)15-21/h6-12,15,18-19H,5,13-14,16H2,1-4H3,(H,26,29)/t18-,19+/m1/s1. The van der Waals surface area contributed by atoms with E-state index in [1.807, 2.05) is 69.3 Å². The monoisotopic (exact) mass is 474 g/mol. The zero-order chi connectivity index (χ0) is 22.1. The largest absolute Gasteiger partial charge is 0.484 e. The fourth-order valence-electron chi connectivity index (χ4n) is 2.97. The van der Waals surface area contributed by atoms with Gasteiger partial charge in [0.05, 0.1) is 0 Å². The Kier molecular flexibility index (Phi) is 9.37. The molecule has 0 unspecified atom stereocenters. The van der Waals surface area contributed by atoms with E-state index in [1.165, 1.54) is 0 Å². The Morgan fingerprint density at radius 1 is 1.13 bits per heavy atom. The second-order valence-corrected chi connectivity index (χ2v) is 8.37. The third-order valence-electron chi connectivity index (χ3n) is 5.14. The highest BCUT2D eigenvalue weighted by atomic mass is 79.9. The smallest absolute Gasteiger partial charge is 0.261 e. The highest BCUT2D eigenvalue weighted by Crippen LogP contribution is 2.21. The van der Waals surface area contributed by atoms with Crippen LogP contribution in [0.2, 0.25) is 0 Å². The fourth-order valence-corrected chi connectivity index (χ4v) is 3.22. The summed E-state index contributed by atoms with van der Waals surface area (Å²) in [7, 11) is 0. The molecular weight excluding hydrogens is 444 g/mol. The van der Waals surface area contributed by atoms with Crippen molar-refractivity contribution in [2.24, 2.45) is 0 Å². The number of carbonyl (C=O) groups excluding carboxylic acids is 2. The third-order valence-corrected chi connectivity index (χ3v) is 6.03. The fraction of sp³-hybridized carbons (Fsp3) is 0.417. The predicted octanol–water partition coefficient (Wildman–Crippen LogP) is 4.51. The summed E-state index contributed by atoms with van der Waals surface area (Å²) in [5.41, 5.74) is 2.15. The Morgan fingerprint density at radius 2 is 1.83 bits per heavy atom. The van der Waals surface area contributed by atoms with Gasteiger partial charge in [0, 0.05) is 17.1 Å². The van der Waals surface area contributed by atoms with Crippen molar-refractivity contribution >= 4 is 27.7 Å². The van der Waals surface area contributed by atoms with Crippen molar-refractivity contribution < 1.29 is 14.3 Å². The first kappa shape index (κ1) is 23.9. The maximum Gasteiger partial charge on any atom is 0.261 e. The molecule has 0 heterocycles. The van der Waals surface area contributed by atoms with E-state index in [1.54, 1.807) is 11.8 Å². The number of hydrogen-bond donors (Lipinski definition) is 1. The van der Waals surface area contributed by atoms with E-state index in [0.29, 0.717) is 18.7 Å². The van der Waals surface area contributed by atoms with Gasteiger partial charge in [-0.05, 0) is 62.9 Å². The Balaban J connectivity index is 2.08. The van der Waals surface area contributed by atoms with Crippen molar-refractivity contribution in [1.82, 2.24) is 10.2 Å². The number of ether oxygens (including phenoxy) is 1. The molecule has 0 saturated carbocycles. The van der Waals surface area contributed by atoms with E-state index in [9.17, 15) is 9.59 Å². The molecule has 2 rings (SSSR count). The summed E-state index contributed by atoms with van der Waals surface area (Å²) in [6, 6.07) is 15.0. The molecule has 0 spiro atoms. The van der Waals surface area contributed by atoms with E-state index in [4.69, 9.17) is 4.74 Å². The molecule has 0 aliphatic heterocycles. The molecule has 2 aromatic rings. The van der Waals surface area contributed by atoms with Crippen LogP contribution in [0.15, 0.2) is 53.0 Å². The van der Waals surface area contributed by atoms with E-state index < -0.39 is 6.04 Å². The average molecular weight is 475 g/mol. The molecule has 2 aromatic carbocycles. The summed E-state index contributed by atoms with van der Waals surface area (Å²) in [5, 5.41) is 2.97. The highest BCUT2D eigenvalue weighted by Gasteiger charge is 2.26. The zero-order valence-electron chi connectivity index (χ0n) is 18.2. The van der Waals surface area contributed by atoms with Crippen molar-refractivity contribution in [3.63, 3.8) is 0 Å². The third kappa shape index (κ3) is 7.17. The summed E-state index contributed by atoms with van der Waals surface area (Å²) in [4.78, 5) is 27.3. The van der Waals surface area contributed by atoms with E-state index >= 15 is 0 Å². The molecule has 0 aliphatic carbocycles. The maximum atomic E-state index is 13.0. The summed E-state index contributed by atoms with van der Waals surface area (Å²) in [6.07, 6.45) is 1.51. The van der Waals surface area contributed by atoms with Crippen molar-refractivity contribution in [3.05, 3.63) is 64.1 Å². The van der Waals surface area contributed by atoms with Gasteiger partial charge in [0.1, 0.15) is 11.8 Å². The molecule has 6 heteroatoms. The van der Waals surface area contributed by atoms with Crippen molar-refractivity contribution in [2.75, 3.05) is 13.2 Å². The van der Waals surface area contributed by atoms with Crippen LogP contribution in [0.25, 0.3) is 0 Å². The molecule has 0 bridgehead atoms. The van der Waals surface area contributed by atoms with Crippen molar-refractivity contribution in [1.29, 1.82) is 0 Å². The van der Waals surface area contributed by atoms with Gasteiger partial charge < -0.3 is 15.0 Å². The minimum absolute atomic E-state index is 0.0630. The highest BCUT2D eigenvalue weighted by molar-refractivity contribution is 9.10. The predicted molar refractivity (Wildman–Crippen MR) is 124 cm³/mol. The average Bonchev–Trinajstić information content (AvgIpc) is 2.75. The zero-order valence-corrected chi connectivity index (χ0v) is 19.7. The number of hydrogen-bond acceptors (Lipinski definition) is 3. The van der Waals surface area contributed by atoms with Gasteiger partial charge in [0.25, 0.3) is 5.91 Å². The first-order valence-electron chi connectivity index (χ1n) is 10.3. The lowest BCUT2D eigenvalue weighted by Gasteiger charge is -2.29. The molecule has 0 fully saturated rings. The van der Waals surface area contributed by atoms with Crippen LogP contribution in [0, 0.1) is 6.92 Å². The number of benzene rings is 2. The minimum atomic E-state index is -0.578. The molecule has 0 radical (unpaired) electrons. The maximum absolute atomic E-state index is 13.0. The van der Waals surface area contributed by atoms with E-state index in [2.05, 4.69) is 21.2 Å². The van der Waals surface area contributed by atoms with E-state index in [-0.39, 0.29) is 24.5 Å². The van der Waals surface area contributed by atoms with Gasteiger partial charge in [-0.15, -0.1) is 0 Å². The number of aryl methyl sites for hydroxylation is 1. The van der Waals surface area contributed by atoms with Gasteiger partial charge in [0.15, 0.2) is 6.61 Å². The normalized spacial score (nSPS) is 12.7. The Morgan fingerprint density at radius 3 is 2.47 bits per heavy atom. The lowest BCUT2D eigenvalue weighted by atomic mass is 10.1. The number of rotatable bonds is 10. The van der Waals surface area contributed by atoms with Gasteiger partial charge in [-0.25, -0.2) is 0 Å². The molecule has 30 heavy (non-hydrogen) atoms. The van der Waals surface area contributed by atoms with Crippen LogP contribution in [0.4, 0.5) is 0 Å². The molecule has 0 aliphatic rings. The van der Waals surface area contributed by atoms with Gasteiger partial charge in [0.2, 0.25) is 5.91 Å².